The largest absolute Gasteiger partial charge is 0.352 e. The van der Waals surface area contributed by atoms with Crippen molar-refractivity contribution in [3.05, 3.63) is 18.1 Å². The number of fused-ring (bicyclic) bond motifs is 1. The number of hydrogen-bond acceptors (Lipinski definition) is 2. The van der Waals surface area contributed by atoms with Crippen LogP contribution in [-0.4, -0.2) is 22.2 Å². The Morgan fingerprint density at radius 1 is 0.700 bits per heavy atom. The van der Waals surface area contributed by atoms with E-state index in [0.29, 0.717) is 11.7 Å². The number of aromatic nitrogens is 3. The van der Waals surface area contributed by atoms with Gasteiger partial charge in [-0.2, -0.15) is 0 Å². The Morgan fingerprint density at radius 3 is 1.83 bits per heavy atom. The summed E-state index contributed by atoms with van der Waals surface area (Å²) in [6, 6.07) is 2.27. The van der Waals surface area contributed by atoms with E-state index in [9.17, 15) is 0 Å². The van der Waals surface area contributed by atoms with Crippen molar-refractivity contribution in [1.29, 1.82) is 0 Å². The van der Waals surface area contributed by atoms with Gasteiger partial charge in [-0.05, 0) is 24.5 Å². The first-order valence-corrected chi connectivity index (χ1v) is 13.1. The molecule has 4 rings (SSSR count). The summed E-state index contributed by atoms with van der Waals surface area (Å²) in [5.74, 6) is 2.33. The van der Waals surface area contributed by atoms with Gasteiger partial charge in [0.2, 0.25) is 0 Å². The number of hydrogen-bond donors (Lipinski definition) is 1. The minimum atomic E-state index is 0.543. The van der Waals surface area contributed by atoms with Gasteiger partial charge in [0.15, 0.2) is 7.28 Å². The van der Waals surface area contributed by atoms with Crippen molar-refractivity contribution >= 4 is 23.9 Å². The monoisotopic (exact) mass is 406 g/mol. The maximum atomic E-state index is 5.01. The van der Waals surface area contributed by atoms with Gasteiger partial charge < -0.3 is 4.98 Å². The topological polar surface area (TPSA) is 41.6 Å². The van der Waals surface area contributed by atoms with Crippen molar-refractivity contribution in [1.82, 2.24) is 15.0 Å². The standard InChI is InChI=1S/C26H41BN3/c1-3-7-11-15-21(16-12-8-4-1)25-28-20-22-19-24(29-26(22)30-25)27-23-17-13-9-5-2-6-10-14-18-23/h19-21,23H,1-18H2,(H,28,29,30). The van der Waals surface area contributed by atoms with Gasteiger partial charge in [-0.15, -0.1) is 0 Å². The number of aromatic amines is 1. The molecule has 3 nitrogen and oxygen atoms in total. The molecular weight excluding hydrogens is 365 g/mol. The first kappa shape index (κ1) is 21.9. The third kappa shape index (κ3) is 6.59. The summed E-state index contributed by atoms with van der Waals surface area (Å²) in [5, 5.41) is 1.17. The minimum absolute atomic E-state index is 0.543. The van der Waals surface area contributed by atoms with Crippen molar-refractivity contribution in [2.45, 2.75) is 127 Å². The van der Waals surface area contributed by atoms with Crippen molar-refractivity contribution in [2.75, 3.05) is 0 Å². The minimum Gasteiger partial charge on any atom is -0.352 e. The summed E-state index contributed by atoms with van der Waals surface area (Å²) in [6.45, 7) is 0. The van der Waals surface area contributed by atoms with Crippen molar-refractivity contribution in [2.24, 2.45) is 0 Å². The molecule has 1 N–H and O–H groups in total. The third-order valence-corrected chi connectivity index (χ3v) is 7.44. The fraction of sp³-hybridized carbons (Fsp3) is 0.769. The molecule has 2 aliphatic carbocycles. The lowest BCUT2D eigenvalue weighted by Gasteiger charge is -2.17. The Labute approximate surface area is 184 Å². The fourth-order valence-corrected chi connectivity index (χ4v) is 5.57. The zero-order chi connectivity index (χ0) is 20.4. The van der Waals surface area contributed by atoms with E-state index in [-0.39, 0.29) is 0 Å². The van der Waals surface area contributed by atoms with Crippen LogP contribution in [0.4, 0.5) is 0 Å². The van der Waals surface area contributed by atoms with Gasteiger partial charge in [-0.3, -0.25) is 0 Å². The molecule has 0 unspecified atom stereocenters. The van der Waals surface area contributed by atoms with E-state index in [0.717, 1.165) is 11.5 Å². The molecule has 2 aromatic rings. The van der Waals surface area contributed by atoms with E-state index < -0.39 is 0 Å². The molecule has 2 heterocycles. The zero-order valence-electron chi connectivity index (χ0n) is 19.0. The number of nitrogens with one attached hydrogen (secondary N) is 1. The summed E-state index contributed by atoms with van der Waals surface area (Å²) in [4.78, 5) is 13.5. The molecule has 2 fully saturated rings. The van der Waals surface area contributed by atoms with Gasteiger partial charge in [0, 0.05) is 17.5 Å². The van der Waals surface area contributed by atoms with Crippen molar-refractivity contribution in [3.63, 3.8) is 0 Å². The molecule has 0 amide bonds. The Balaban J connectivity index is 1.41. The molecule has 0 saturated heterocycles. The van der Waals surface area contributed by atoms with Gasteiger partial charge in [0.25, 0.3) is 0 Å². The molecular formula is C26H41BN3. The number of nitrogens with zero attached hydrogens (tertiary/aromatic N) is 2. The van der Waals surface area contributed by atoms with E-state index in [4.69, 9.17) is 9.97 Å². The Hall–Kier alpha value is -1.32. The van der Waals surface area contributed by atoms with Gasteiger partial charge in [-0.25, -0.2) is 9.97 Å². The average molecular weight is 406 g/mol. The smallest absolute Gasteiger partial charge is 0.178 e. The molecule has 0 spiro atoms. The van der Waals surface area contributed by atoms with Crippen LogP contribution >= 0.6 is 0 Å². The van der Waals surface area contributed by atoms with E-state index in [1.165, 1.54) is 127 Å². The van der Waals surface area contributed by atoms with Crippen LogP contribution in [0.15, 0.2) is 12.3 Å². The number of H-pyrrole nitrogens is 1. The van der Waals surface area contributed by atoms with Crippen LogP contribution in [-0.2, 0) is 0 Å². The maximum absolute atomic E-state index is 5.01. The van der Waals surface area contributed by atoms with Crippen LogP contribution in [0.5, 0.6) is 0 Å². The lowest BCUT2D eigenvalue weighted by atomic mass is 9.58. The van der Waals surface area contributed by atoms with E-state index in [1.54, 1.807) is 0 Å². The molecule has 163 valence electrons. The van der Waals surface area contributed by atoms with Crippen LogP contribution in [0.3, 0.4) is 0 Å². The van der Waals surface area contributed by atoms with Crippen LogP contribution < -0.4 is 5.59 Å². The maximum Gasteiger partial charge on any atom is 0.178 e. The summed E-state index contributed by atoms with van der Waals surface area (Å²) < 4.78 is 0. The van der Waals surface area contributed by atoms with Crippen LogP contribution in [0.25, 0.3) is 11.0 Å². The first-order valence-electron chi connectivity index (χ1n) is 13.1. The fourth-order valence-electron chi connectivity index (χ4n) is 5.57. The molecule has 0 aliphatic heterocycles. The predicted octanol–water partition coefficient (Wildman–Crippen LogP) is 7.21. The second-order valence-electron chi connectivity index (χ2n) is 9.98. The van der Waals surface area contributed by atoms with Crippen LogP contribution in [0.1, 0.15) is 127 Å². The highest BCUT2D eigenvalue weighted by molar-refractivity contribution is 6.54. The van der Waals surface area contributed by atoms with E-state index in [1.807, 2.05) is 0 Å². The molecule has 1 radical (unpaired) electrons. The molecule has 4 heteroatoms. The highest BCUT2D eigenvalue weighted by Gasteiger charge is 2.18. The lowest BCUT2D eigenvalue weighted by molar-refractivity contribution is 0.451. The Morgan fingerprint density at radius 2 is 1.23 bits per heavy atom. The molecule has 0 aromatic carbocycles. The van der Waals surface area contributed by atoms with Crippen molar-refractivity contribution in [3.8, 4) is 0 Å². The lowest BCUT2D eigenvalue weighted by Crippen LogP contribution is -2.21. The molecule has 0 atom stereocenters. The van der Waals surface area contributed by atoms with Crippen LogP contribution in [0.2, 0.25) is 5.82 Å². The number of rotatable bonds is 3. The molecule has 2 saturated carbocycles. The van der Waals surface area contributed by atoms with Gasteiger partial charge >= 0.3 is 0 Å². The van der Waals surface area contributed by atoms with E-state index >= 15 is 0 Å². The SMILES string of the molecule is [B](c1cc2cnc(C3CCCCCCCCC3)nc2[nH]1)C1CCCCCCCCC1. The van der Waals surface area contributed by atoms with Crippen molar-refractivity contribution < 1.29 is 0 Å². The van der Waals surface area contributed by atoms with E-state index in [2.05, 4.69) is 24.5 Å². The third-order valence-electron chi connectivity index (χ3n) is 7.44. The zero-order valence-corrected chi connectivity index (χ0v) is 19.0. The Kier molecular flexibility index (Phi) is 8.69. The Bertz CT molecular complexity index is 736. The average Bonchev–Trinajstić information content (AvgIpc) is 3.18. The van der Waals surface area contributed by atoms with Gasteiger partial charge in [0.1, 0.15) is 11.5 Å². The summed E-state index contributed by atoms with van der Waals surface area (Å²) in [6.07, 6.45) is 26.8. The molecule has 0 bridgehead atoms. The summed E-state index contributed by atoms with van der Waals surface area (Å²) in [7, 11) is 2.49. The van der Waals surface area contributed by atoms with Crippen LogP contribution in [0, 0.1) is 0 Å². The predicted molar refractivity (Wildman–Crippen MR) is 129 cm³/mol. The van der Waals surface area contributed by atoms with Gasteiger partial charge in [-0.1, -0.05) is 109 Å². The highest BCUT2D eigenvalue weighted by atomic mass is 14.9. The normalized spacial score (nSPS) is 22.0. The summed E-state index contributed by atoms with van der Waals surface area (Å²) >= 11 is 0. The first-order chi connectivity index (χ1) is 14.9. The van der Waals surface area contributed by atoms with Gasteiger partial charge in [0.05, 0.1) is 0 Å². The second-order valence-corrected chi connectivity index (χ2v) is 9.98. The highest BCUT2D eigenvalue weighted by Crippen LogP contribution is 2.29. The quantitative estimate of drug-likeness (QED) is 0.547. The summed E-state index contributed by atoms with van der Waals surface area (Å²) in [5.41, 5.74) is 2.30. The molecule has 2 aromatic heterocycles. The molecule has 2 aliphatic rings. The molecule has 30 heavy (non-hydrogen) atoms. The second kappa shape index (κ2) is 11.9.